The number of hydrogen-bond donors (Lipinski definition) is 0. The first-order valence-corrected chi connectivity index (χ1v) is 21.3. The summed E-state index contributed by atoms with van der Waals surface area (Å²) in [5.41, 5.74) is 15.9. The number of benzene rings is 5. The van der Waals surface area contributed by atoms with E-state index in [0.717, 1.165) is 24.2 Å². The number of rotatable bonds is 11. The Kier molecular flexibility index (Phi) is 11.7. The van der Waals surface area contributed by atoms with Gasteiger partial charge >= 0.3 is 0 Å². The Morgan fingerprint density at radius 3 is 1.23 bits per heavy atom. The van der Waals surface area contributed by atoms with Crippen LogP contribution in [0.4, 0.5) is 0 Å². The molecule has 1 aromatic heterocycles. The van der Waals surface area contributed by atoms with Gasteiger partial charge in [0.15, 0.2) is 0 Å². The van der Waals surface area contributed by atoms with Crippen LogP contribution < -0.4 is 0 Å². The summed E-state index contributed by atoms with van der Waals surface area (Å²) >= 11 is 0. The van der Waals surface area contributed by atoms with Crippen molar-refractivity contribution in [3.8, 4) is 50.5 Å². The summed E-state index contributed by atoms with van der Waals surface area (Å²) in [6, 6.07) is 41.5. The summed E-state index contributed by atoms with van der Waals surface area (Å²) in [7, 11) is 0. The maximum Gasteiger partial charge on any atom is 0.144 e. The van der Waals surface area contributed by atoms with Crippen LogP contribution in [-0.4, -0.2) is 9.55 Å². The fourth-order valence-corrected chi connectivity index (χ4v) is 9.50. The number of nitrogens with zero attached hydrogens (tertiary/aromatic N) is 2. The highest BCUT2D eigenvalue weighted by Gasteiger charge is 2.29. The van der Waals surface area contributed by atoms with Crippen LogP contribution in [0.15, 0.2) is 122 Å². The summed E-state index contributed by atoms with van der Waals surface area (Å²) in [5, 5.41) is 0. The van der Waals surface area contributed by atoms with Gasteiger partial charge in [-0.2, -0.15) is 0 Å². The van der Waals surface area contributed by atoms with E-state index in [1.807, 2.05) is 6.20 Å². The van der Waals surface area contributed by atoms with Crippen molar-refractivity contribution >= 4 is 0 Å². The lowest BCUT2D eigenvalue weighted by Gasteiger charge is -2.33. The summed E-state index contributed by atoms with van der Waals surface area (Å²) < 4.78 is 2.32. The minimum atomic E-state index is 0.0875. The van der Waals surface area contributed by atoms with Crippen molar-refractivity contribution in [1.29, 1.82) is 0 Å². The monoisotopic (exact) mass is 757 g/mol. The van der Waals surface area contributed by atoms with Gasteiger partial charge in [0.2, 0.25) is 0 Å². The highest BCUT2D eigenvalue weighted by Crippen LogP contribution is 2.42. The quantitative estimate of drug-likeness (QED) is 0.129. The number of imidazole rings is 1. The van der Waals surface area contributed by atoms with Crippen molar-refractivity contribution in [3.05, 3.63) is 144 Å². The van der Waals surface area contributed by atoms with Gasteiger partial charge in [-0.3, -0.25) is 4.57 Å². The van der Waals surface area contributed by atoms with Gasteiger partial charge in [0.05, 0.1) is 5.69 Å². The highest BCUT2D eigenvalue weighted by atomic mass is 15.1. The van der Waals surface area contributed by atoms with Crippen LogP contribution >= 0.6 is 0 Å². The highest BCUT2D eigenvalue weighted by molar-refractivity contribution is 5.83. The smallest absolute Gasteiger partial charge is 0.144 e. The van der Waals surface area contributed by atoms with Crippen LogP contribution in [0.2, 0.25) is 0 Å². The summed E-state index contributed by atoms with van der Waals surface area (Å²) in [4.78, 5) is 4.87. The van der Waals surface area contributed by atoms with E-state index in [-0.39, 0.29) is 21.7 Å². The molecule has 0 aliphatic heterocycles. The predicted octanol–water partition coefficient (Wildman–Crippen LogP) is 16.2. The maximum absolute atomic E-state index is 4.87. The second-order valence-electron chi connectivity index (χ2n) is 21.0. The average molecular weight is 757 g/mol. The van der Waals surface area contributed by atoms with Gasteiger partial charge < -0.3 is 0 Å². The van der Waals surface area contributed by atoms with Crippen molar-refractivity contribution in [2.45, 2.75) is 132 Å². The second-order valence-corrected chi connectivity index (χ2v) is 21.0. The Hall–Kier alpha value is -4.69. The SMILES string of the molecule is CC(C)c1cc(-c2cc(-c3ccc(C(C)(C)CC(C)(C)C)cc3)cc(-c3ccc(C(C)(C)CC(C)(C)C)cc3)c2)cc(C(C)C)c1-n1ccnc1-c1ccccc1. The molecule has 0 N–H and O–H groups in total. The molecule has 5 aromatic carbocycles. The Morgan fingerprint density at radius 1 is 0.456 bits per heavy atom. The van der Waals surface area contributed by atoms with Crippen LogP contribution in [0, 0.1) is 10.8 Å². The molecular formula is C55H68N2. The fourth-order valence-electron chi connectivity index (χ4n) is 9.50. The average Bonchev–Trinajstić information content (AvgIpc) is 3.62. The summed E-state index contributed by atoms with van der Waals surface area (Å²) in [6.07, 6.45) is 6.32. The fraction of sp³-hybridized carbons (Fsp3) is 0.400. The standard InChI is InChI=1S/C55H68N2/c1-37(2)48-33-45(34-49(38(3)4)50(48)57-29-28-56-51(57)41-18-16-15-17-19-41)44-31-42(39-20-24-46(25-21-39)54(11,12)35-52(5,6)7)30-43(32-44)40-22-26-47(27-23-40)55(13,14)36-53(8,9)10/h15-34,37-38H,35-36H2,1-14H3. The molecule has 0 aliphatic carbocycles. The molecule has 0 fully saturated rings. The summed E-state index contributed by atoms with van der Waals surface area (Å²) in [5.74, 6) is 1.58. The third-order valence-corrected chi connectivity index (χ3v) is 11.5. The Morgan fingerprint density at radius 2 is 0.842 bits per heavy atom. The largest absolute Gasteiger partial charge is 0.299 e. The van der Waals surface area contributed by atoms with E-state index in [9.17, 15) is 0 Å². The molecule has 0 amide bonds. The van der Waals surface area contributed by atoms with E-state index in [0.29, 0.717) is 11.8 Å². The molecule has 0 unspecified atom stereocenters. The molecule has 0 radical (unpaired) electrons. The molecule has 6 aromatic rings. The summed E-state index contributed by atoms with van der Waals surface area (Å²) in [6.45, 7) is 32.8. The molecule has 0 saturated carbocycles. The van der Waals surface area contributed by atoms with Gasteiger partial charge in [0.1, 0.15) is 5.82 Å². The van der Waals surface area contributed by atoms with Gasteiger partial charge in [-0.1, -0.05) is 176 Å². The number of hydrogen-bond acceptors (Lipinski definition) is 1. The molecular weight excluding hydrogens is 689 g/mol. The predicted molar refractivity (Wildman–Crippen MR) is 248 cm³/mol. The molecule has 0 aliphatic rings. The van der Waals surface area contributed by atoms with E-state index in [4.69, 9.17) is 4.98 Å². The van der Waals surface area contributed by atoms with Crippen molar-refractivity contribution in [2.24, 2.45) is 10.8 Å². The zero-order valence-corrected chi connectivity index (χ0v) is 37.5. The molecule has 0 spiro atoms. The lowest BCUT2D eigenvalue weighted by atomic mass is 9.72. The molecule has 2 nitrogen and oxygen atoms in total. The minimum absolute atomic E-state index is 0.0875. The Bertz CT molecular complexity index is 2160. The van der Waals surface area contributed by atoms with Gasteiger partial charge in [-0.05, 0) is 132 Å². The Labute approximate surface area is 345 Å². The van der Waals surface area contributed by atoms with Crippen LogP contribution in [0.5, 0.6) is 0 Å². The number of aromatic nitrogens is 2. The van der Waals surface area contributed by atoms with Crippen molar-refractivity contribution in [1.82, 2.24) is 9.55 Å². The first-order chi connectivity index (χ1) is 26.6. The first-order valence-electron chi connectivity index (χ1n) is 21.3. The third-order valence-electron chi connectivity index (χ3n) is 11.5. The van der Waals surface area contributed by atoms with Crippen LogP contribution in [0.3, 0.4) is 0 Å². The molecule has 0 bridgehead atoms. The Balaban J connectivity index is 1.52. The molecule has 2 heteroatoms. The van der Waals surface area contributed by atoms with Crippen LogP contribution in [-0.2, 0) is 10.8 Å². The molecule has 0 saturated heterocycles. The lowest BCUT2D eigenvalue weighted by Crippen LogP contribution is -2.24. The van der Waals surface area contributed by atoms with Crippen LogP contribution in [0.1, 0.15) is 144 Å². The van der Waals surface area contributed by atoms with Crippen LogP contribution in [0.25, 0.3) is 50.5 Å². The van der Waals surface area contributed by atoms with Gasteiger partial charge in [-0.15, -0.1) is 0 Å². The van der Waals surface area contributed by atoms with Crippen molar-refractivity contribution in [3.63, 3.8) is 0 Å². The van der Waals surface area contributed by atoms with Gasteiger partial charge in [0.25, 0.3) is 0 Å². The lowest BCUT2D eigenvalue weighted by molar-refractivity contribution is 0.283. The van der Waals surface area contributed by atoms with Crippen molar-refractivity contribution < 1.29 is 0 Å². The third kappa shape index (κ3) is 9.72. The molecule has 57 heavy (non-hydrogen) atoms. The minimum Gasteiger partial charge on any atom is -0.299 e. The van der Waals surface area contributed by atoms with E-state index in [1.165, 1.54) is 61.3 Å². The molecule has 6 rings (SSSR count). The zero-order chi connectivity index (χ0) is 41.5. The van der Waals surface area contributed by atoms with E-state index >= 15 is 0 Å². The van der Waals surface area contributed by atoms with Gasteiger partial charge in [-0.25, -0.2) is 4.98 Å². The van der Waals surface area contributed by atoms with E-state index in [1.54, 1.807) is 0 Å². The zero-order valence-electron chi connectivity index (χ0n) is 37.5. The maximum atomic E-state index is 4.87. The molecule has 1 heterocycles. The molecule has 298 valence electrons. The van der Waals surface area contributed by atoms with E-state index in [2.05, 4.69) is 217 Å². The first kappa shape index (κ1) is 41.9. The van der Waals surface area contributed by atoms with Crippen molar-refractivity contribution in [2.75, 3.05) is 0 Å². The normalized spacial score (nSPS) is 12.8. The van der Waals surface area contributed by atoms with Gasteiger partial charge in [0, 0.05) is 18.0 Å². The topological polar surface area (TPSA) is 17.8 Å². The van der Waals surface area contributed by atoms with E-state index < -0.39 is 0 Å². The second kappa shape index (κ2) is 15.9. The molecule has 0 atom stereocenters.